The van der Waals surface area contributed by atoms with Crippen molar-refractivity contribution >= 4 is 17.3 Å². The first-order valence-electron chi connectivity index (χ1n) is 4.45. The number of carbonyl (C=O) groups is 1. The van der Waals surface area contributed by atoms with E-state index in [2.05, 4.69) is 0 Å². The second-order valence-electron chi connectivity index (χ2n) is 2.90. The average molecular weight is 198 g/mol. The fourth-order valence-corrected chi connectivity index (χ4v) is 1.75. The summed E-state index contributed by atoms with van der Waals surface area (Å²) < 4.78 is 5.04. The molecule has 1 unspecified atom stereocenters. The van der Waals surface area contributed by atoms with Crippen LogP contribution in [0, 0.1) is 0 Å². The van der Waals surface area contributed by atoms with Gasteiger partial charge in [0.15, 0.2) is 0 Å². The molecule has 0 saturated carbocycles. The summed E-state index contributed by atoms with van der Waals surface area (Å²) in [6, 6.07) is 3.91. The van der Waals surface area contributed by atoms with Gasteiger partial charge in [0, 0.05) is 4.88 Å². The fraction of sp³-hybridized carbons (Fsp3) is 0.500. The summed E-state index contributed by atoms with van der Waals surface area (Å²) in [7, 11) is 0. The molecule has 1 aromatic heterocycles. The molecular formula is C10H14O2S. The van der Waals surface area contributed by atoms with E-state index in [0.717, 1.165) is 11.3 Å². The van der Waals surface area contributed by atoms with Gasteiger partial charge in [-0.15, -0.1) is 11.3 Å². The highest BCUT2D eigenvalue weighted by molar-refractivity contribution is 7.10. The van der Waals surface area contributed by atoms with E-state index in [1.807, 2.05) is 31.4 Å². The van der Waals surface area contributed by atoms with Crippen LogP contribution in [-0.2, 0) is 9.53 Å². The highest BCUT2D eigenvalue weighted by atomic mass is 32.1. The van der Waals surface area contributed by atoms with Gasteiger partial charge in [0.25, 0.3) is 0 Å². The van der Waals surface area contributed by atoms with Gasteiger partial charge in [-0.1, -0.05) is 13.0 Å². The maximum Gasteiger partial charge on any atom is 0.313 e. The zero-order valence-corrected chi connectivity index (χ0v) is 8.76. The molecule has 3 heteroatoms. The molecule has 72 valence electrons. The van der Waals surface area contributed by atoms with Gasteiger partial charge in [0.2, 0.25) is 0 Å². The largest absolute Gasteiger partial charge is 0.465 e. The smallest absolute Gasteiger partial charge is 0.313 e. The highest BCUT2D eigenvalue weighted by Gasteiger charge is 2.16. The van der Waals surface area contributed by atoms with Crippen LogP contribution < -0.4 is 0 Å². The third-order valence-corrected chi connectivity index (χ3v) is 2.83. The fourth-order valence-electron chi connectivity index (χ4n) is 0.981. The molecule has 0 aliphatic rings. The van der Waals surface area contributed by atoms with Crippen LogP contribution in [0.2, 0.25) is 0 Å². The van der Waals surface area contributed by atoms with Crippen LogP contribution in [0.4, 0.5) is 0 Å². The van der Waals surface area contributed by atoms with Gasteiger partial charge >= 0.3 is 5.97 Å². The van der Waals surface area contributed by atoms with Gasteiger partial charge < -0.3 is 4.74 Å². The molecule has 0 aromatic carbocycles. The van der Waals surface area contributed by atoms with Crippen LogP contribution in [0.25, 0.3) is 0 Å². The predicted octanol–water partition coefficient (Wildman–Crippen LogP) is 2.80. The summed E-state index contributed by atoms with van der Waals surface area (Å²) >= 11 is 1.59. The second-order valence-corrected chi connectivity index (χ2v) is 3.88. The minimum Gasteiger partial charge on any atom is -0.465 e. The van der Waals surface area contributed by atoms with Crippen LogP contribution in [0.5, 0.6) is 0 Å². The average Bonchev–Trinajstić information content (AvgIpc) is 2.65. The van der Waals surface area contributed by atoms with Crippen molar-refractivity contribution < 1.29 is 9.53 Å². The van der Waals surface area contributed by atoms with E-state index in [0.29, 0.717) is 6.61 Å². The summed E-state index contributed by atoms with van der Waals surface area (Å²) in [4.78, 5) is 12.5. The lowest BCUT2D eigenvalue weighted by Gasteiger charge is -2.08. The molecule has 13 heavy (non-hydrogen) atoms. The normalized spacial score (nSPS) is 12.5. The zero-order chi connectivity index (χ0) is 9.68. The SMILES string of the molecule is CCCOC(=O)C(C)c1cccs1. The monoisotopic (exact) mass is 198 g/mol. The number of hydrogen-bond acceptors (Lipinski definition) is 3. The van der Waals surface area contributed by atoms with E-state index in [-0.39, 0.29) is 11.9 Å². The van der Waals surface area contributed by atoms with Gasteiger partial charge in [-0.25, -0.2) is 0 Å². The molecule has 0 radical (unpaired) electrons. The first-order valence-corrected chi connectivity index (χ1v) is 5.33. The summed E-state index contributed by atoms with van der Waals surface area (Å²) in [5.74, 6) is -0.240. The lowest BCUT2D eigenvalue weighted by Crippen LogP contribution is -2.12. The van der Waals surface area contributed by atoms with E-state index in [1.165, 1.54) is 0 Å². The van der Waals surface area contributed by atoms with Crippen LogP contribution in [0.3, 0.4) is 0 Å². The quantitative estimate of drug-likeness (QED) is 0.695. The Labute approximate surface area is 82.5 Å². The van der Waals surface area contributed by atoms with Crippen molar-refractivity contribution in [3.8, 4) is 0 Å². The first kappa shape index (κ1) is 10.3. The number of hydrogen-bond donors (Lipinski definition) is 0. The third-order valence-electron chi connectivity index (χ3n) is 1.77. The summed E-state index contributed by atoms with van der Waals surface area (Å²) in [6.45, 7) is 4.39. The van der Waals surface area contributed by atoms with Crippen molar-refractivity contribution in [2.45, 2.75) is 26.2 Å². The van der Waals surface area contributed by atoms with Gasteiger partial charge in [0.05, 0.1) is 12.5 Å². The second kappa shape index (κ2) is 5.02. The molecule has 0 spiro atoms. The molecular weight excluding hydrogens is 184 g/mol. The third kappa shape index (κ3) is 2.84. The molecule has 2 nitrogen and oxygen atoms in total. The Morgan fingerprint density at radius 3 is 3.00 bits per heavy atom. The Balaban J connectivity index is 2.48. The zero-order valence-electron chi connectivity index (χ0n) is 7.95. The maximum atomic E-state index is 11.4. The molecule has 0 N–H and O–H groups in total. The van der Waals surface area contributed by atoms with Crippen molar-refractivity contribution in [3.05, 3.63) is 22.4 Å². The van der Waals surface area contributed by atoms with Gasteiger partial charge in [-0.2, -0.15) is 0 Å². The predicted molar refractivity (Wildman–Crippen MR) is 54.0 cm³/mol. The first-order chi connectivity index (χ1) is 6.25. The van der Waals surface area contributed by atoms with Crippen molar-refractivity contribution in [2.24, 2.45) is 0 Å². The Morgan fingerprint density at radius 2 is 2.46 bits per heavy atom. The lowest BCUT2D eigenvalue weighted by atomic mass is 10.1. The van der Waals surface area contributed by atoms with Crippen molar-refractivity contribution in [1.82, 2.24) is 0 Å². The molecule has 1 aromatic rings. The topological polar surface area (TPSA) is 26.3 Å². The molecule has 0 aliphatic carbocycles. The number of rotatable bonds is 4. The standard InChI is InChI=1S/C10H14O2S/c1-3-6-12-10(11)8(2)9-5-4-7-13-9/h4-5,7-8H,3,6H2,1-2H3. The van der Waals surface area contributed by atoms with E-state index in [1.54, 1.807) is 11.3 Å². The highest BCUT2D eigenvalue weighted by Crippen LogP contribution is 2.21. The molecule has 0 bridgehead atoms. The Morgan fingerprint density at radius 1 is 1.69 bits per heavy atom. The molecule has 1 heterocycles. The Kier molecular flexibility index (Phi) is 3.96. The van der Waals surface area contributed by atoms with Crippen molar-refractivity contribution in [2.75, 3.05) is 6.61 Å². The van der Waals surface area contributed by atoms with Crippen LogP contribution in [0.1, 0.15) is 31.1 Å². The molecule has 0 fully saturated rings. The minimum atomic E-state index is -0.121. The summed E-state index contributed by atoms with van der Waals surface area (Å²) in [5.41, 5.74) is 0. The number of esters is 1. The lowest BCUT2D eigenvalue weighted by molar-refractivity contribution is -0.144. The van der Waals surface area contributed by atoms with E-state index in [4.69, 9.17) is 4.74 Å². The van der Waals surface area contributed by atoms with Crippen molar-refractivity contribution in [3.63, 3.8) is 0 Å². The van der Waals surface area contributed by atoms with E-state index < -0.39 is 0 Å². The van der Waals surface area contributed by atoms with Gasteiger partial charge in [-0.3, -0.25) is 4.79 Å². The van der Waals surface area contributed by atoms with Crippen LogP contribution in [0.15, 0.2) is 17.5 Å². The Bertz CT molecular complexity index is 254. The Hall–Kier alpha value is -0.830. The van der Waals surface area contributed by atoms with Gasteiger partial charge in [-0.05, 0) is 24.8 Å². The van der Waals surface area contributed by atoms with E-state index >= 15 is 0 Å². The van der Waals surface area contributed by atoms with Crippen LogP contribution >= 0.6 is 11.3 Å². The number of ether oxygens (including phenoxy) is 1. The number of thiophene rings is 1. The molecule has 1 rings (SSSR count). The van der Waals surface area contributed by atoms with Crippen molar-refractivity contribution in [1.29, 1.82) is 0 Å². The molecule has 0 amide bonds. The van der Waals surface area contributed by atoms with E-state index in [9.17, 15) is 4.79 Å². The van der Waals surface area contributed by atoms with Gasteiger partial charge in [0.1, 0.15) is 0 Å². The molecule has 0 saturated heterocycles. The minimum absolute atomic E-state index is 0.119. The number of carbonyl (C=O) groups excluding carboxylic acids is 1. The molecule has 1 atom stereocenters. The molecule has 0 aliphatic heterocycles. The summed E-state index contributed by atoms with van der Waals surface area (Å²) in [5, 5.41) is 1.97. The summed E-state index contributed by atoms with van der Waals surface area (Å²) in [6.07, 6.45) is 0.878. The maximum absolute atomic E-state index is 11.4. The van der Waals surface area contributed by atoms with Crippen LogP contribution in [-0.4, -0.2) is 12.6 Å².